The Morgan fingerprint density at radius 3 is 2.96 bits per heavy atom. The number of nitrogens with zero attached hydrogens (tertiary/aromatic N) is 5. The summed E-state index contributed by atoms with van der Waals surface area (Å²) in [5.41, 5.74) is 0.656. The summed E-state index contributed by atoms with van der Waals surface area (Å²) in [6.45, 7) is 0.849. The highest BCUT2D eigenvalue weighted by molar-refractivity contribution is 8.00. The molecular formula is C15H16ClN5O3S. The number of aromatic nitrogens is 4. The van der Waals surface area contributed by atoms with Gasteiger partial charge in [0.05, 0.1) is 12.1 Å². The quantitative estimate of drug-likeness (QED) is 0.732. The third-order valence-corrected chi connectivity index (χ3v) is 5.22. The number of rotatable bonds is 4. The highest BCUT2D eigenvalue weighted by Gasteiger charge is 2.30. The molecular weight excluding hydrogens is 366 g/mol. The van der Waals surface area contributed by atoms with Crippen LogP contribution in [0.4, 0.5) is 0 Å². The molecule has 25 heavy (non-hydrogen) atoms. The minimum atomic E-state index is -0.356. The van der Waals surface area contributed by atoms with Gasteiger partial charge in [0.15, 0.2) is 0 Å². The van der Waals surface area contributed by atoms with Gasteiger partial charge in [0, 0.05) is 24.4 Å². The molecule has 0 bridgehead atoms. The van der Waals surface area contributed by atoms with Gasteiger partial charge in [0.2, 0.25) is 11.7 Å². The van der Waals surface area contributed by atoms with Crippen LogP contribution in [0.25, 0.3) is 11.4 Å². The Kier molecular flexibility index (Phi) is 5.54. The highest BCUT2D eigenvalue weighted by atomic mass is 35.5. The van der Waals surface area contributed by atoms with E-state index in [2.05, 4.69) is 15.4 Å². The number of benzene rings is 1. The highest BCUT2D eigenvalue weighted by Crippen LogP contribution is 2.24. The van der Waals surface area contributed by atoms with E-state index >= 15 is 0 Å². The Balaban J connectivity index is 1.66. The van der Waals surface area contributed by atoms with E-state index in [1.54, 1.807) is 17.0 Å². The van der Waals surface area contributed by atoms with Crippen molar-refractivity contribution < 1.29 is 14.3 Å². The second-order valence-corrected chi connectivity index (χ2v) is 7.06. The zero-order valence-corrected chi connectivity index (χ0v) is 15.0. The van der Waals surface area contributed by atoms with Gasteiger partial charge in [-0.3, -0.25) is 9.59 Å². The molecule has 1 aliphatic rings. The molecule has 0 saturated carbocycles. The molecule has 10 heteroatoms. The summed E-state index contributed by atoms with van der Waals surface area (Å²) in [7, 11) is 1.35. The fraction of sp³-hybridized carbons (Fsp3) is 0.400. The maximum atomic E-state index is 12.4. The van der Waals surface area contributed by atoms with E-state index in [0.29, 0.717) is 35.3 Å². The Morgan fingerprint density at radius 1 is 1.40 bits per heavy atom. The average molecular weight is 382 g/mol. The summed E-state index contributed by atoms with van der Waals surface area (Å²) >= 11 is 7.61. The van der Waals surface area contributed by atoms with E-state index < -0.39 is 0 Å². The molecule has 1 aliphatic heterocycles. The lowest BCUT2D eigenvalue weighted by Crippen LogP contribution is -2.46. The smallest absolute Gasteiger partial charge is 0.320 e. The predicted octanol–water partition coefficient (Wildman–Crippen LogP) is 1.11. The van der Waals surface area contributed by atoms with Gasteiger partial charge in [-0.15, -0.1) is 22.0 Å². The number of thioether (sulfide) groups is 1. The van der Waals surface area contributed by atoms with E-state index in [9.17, 15) is 9.59 Å². The minimum absolute atomic E-state index is 0.0456. The second kappa shape index (κ2) is 7.83. The summed E-state index contributed by atoms with van der Waals surface area (Å²) in [5, 5.41) is 12.2. The van der Waals surface area contributed by atoms with Gasteiger partial charge in [-0.05, 0) is 17.3 Å². The normalized spacial score (nSPS) is 17.4. The summed E-state index contributed by atoms with van der Waals surface area (Å²) in [6, 6.07) is 7.16. The molecule has 0 spiro atoms. The molecule has 0 radical (unpaired) electrons. The van der Waals surface area contributed by atoms with Gasteiger partial charge in [-0.1, -0.05) is 23.7 Å². The first-order valence-corrected chi connectivity index (χ1v) is 9.01. The fourth-order valence-corrected chi connectivity index (χ4v) is 3.78. The summed E-state index contributed by atoms with van der Waals surface area (Å²) in [6.07, 6.45) is 0. The van der Waals surface area contributed by atoms with Crippen LogP contribution in [0, 0.1) is 0 Å². The zero-order valence-electron chi connectivity index (χ0n) is 13.5. The number of tetrazole rings is 1. The first-order valence-electron chi connectivity index (χ1n) is 7.58. The van der Waals surface area contributed by atoms with Crippen molar-refractivity contribution in [3.8, 4) is 11.4 Å². The Labute approximate surface area is 153 Å². The molecule has 0 N–H and O–H groups in total. The van der Waals surface area contributed by atoms with E-state index in [0.717, 1.165) is 0 Å². The molecule has 3 rings (SSSR count). The number of carbonyl (C=O) groups is 2. The van der Waals surface area contributed by atoms with Crippen molar-refractivity contribution in [2.75, 3.05) is 26.0 Å². The Hall–Kier alpha value is -2.13. The number of methoxy groups -OCH3 is 1. The zero-order chi connectivity index (χ0) is 17.8. The van der Waals surface area contributed by atoms with Crippen molar-refractivity contribution in [3.05, 3.63) is 29.3 Å². The molecule has 0 aliphatic carbocycles. The van der Waals surface area contributed by atoms with Gasteiger partial charge < -0.3 is 9.64 Å². The molecule has 2 aromatic rings. The van der Waals surface area contributed by atoms with Crippen LogP contribution >= 0.6 is 23.4 Å². The minimum Gasteiger partial charge on any atom is -0.468 e. The van der Waals surface area contributed by atoms with Gasteiger partial charge in [-0.25, -0.2) is 0 Å². The third-order valence-electron chi connectivity index (χ3n) is 3.73. The molecule has 1 amide bonds. The Morgan fingerprint density at radius 2 is 2.20 bits per heavy atom. The summed E-state index contributed by atoms with van der Waals surface area (Å²) < 4.78 is 4.75. The predicted molar refractivity (Wildman–Crippen MR) is 93.1 cm³/mol. The number of ether oxygens (including phenoxy) is 1. The van der Waals surface area contributed by atoms with E-state index in [4.69, 9.17) is 16.3 Å². The average Bonchev–Trinajstić information content (AvgIpc) is 3.09. The third kappa shape index (κ3) is 4.10. The fourth-order valence-electron chi connectivity index (χ4n) is 2.43. The van der Waals surface area contributed by atoms with Crippen LogP contribution in [0.1, 0.15) is 0 Å². The van der Waals surface area contributed by atoms with Crippen LogP contribution in [-0.4, -0.2) is 68.2 Å². The lowest BCUT2D eigenvalue weighted by molar-refractivity contribution is -0.141. The topological polar surface area (TPSA) is 90.2 Å². The van der Waals surface area contributed by atoms with Crippen molar-refractivity contribution in [3.63, 3.8) is 0 Å². The van der Waals surface area contributed by atoms with Crippen LogP contribution in [0.2, 0.25) is 5.02 Å². The molecule has 8 nitrogen and oxygen atoms in total. The van der Waals surface area contributed by atoms with Crippen molar-refractivity contribution >= 4 is 35.2 Å². The lowest BCUT2D eigenvalue weighted by Gasteiger charge is -2.30. The number of hydrogen-bond donors (Lipinski definition) is 0. The van der Waals surface area contributed by atoms with Crippen molar-refractivity contribution in [1.29, 1.82) is 0 Å². The van der Waals surface area contributed by atoms with E-state index in [1.165, 1.54) is 23.7 Å². The number of amides is 1. The summed E-state index contributed by atoms with van der Waals surface area (Å²) in [4.78, 5) is 27.0. The van der Waals surface area contributed by atoms with E-state index in [-0.39, 0.29) is 23.7 Å². The van der Waals surface area contributed by atoms with Gasteiger partial charge in [-0.2, -0.15) is 4.80 Å². The van der Waals surface area contributed by atoms with Crippen LogP contribution in [0.5, 0.6) is 0 Å². The number of esters is 1. The van der Waals surface area contributed by atoms with Crippen LogP contribution < -0.4 is 0 Å². The molecule has 1 fully saturated rings. The molecule has 1 saturated heterocycles. The number of carbonyl (C=O) groups excluding carboxylic acids is 2. The Bertz CT molecular complexity index is 784. The summed E-state index contributed by atoms with van der Waals surface area (Å²) in [5.74, 6) is 0.556. The first-order chi connectivity index (χ1) is 12.1. The molecule has 1 atom stereocenters. The molecule has 1 aromatic carbocycles. The number of halogens is 1. The SMILES string of the molecule is COC(=O)[C@H]1CN(C(=O)Cn2nnc(-c3ccccc3Cl)n2)CCS1. The van der Waals surface area contributed by atoms with Crippen molar-refractivity contribution in [2.45, 2.75) is 11.8 Å². The maximum Gasteiger partial charge on any atom is 0.320 e. The van der Waals surface area contributed by atoms with Crippen molar-refractivity contribution in [2.24, 2.45) is 0 Å². The second-order valence-electron chi connectivity index (χ2n) is 5.35. The van der Waals surface area contributed by atoms with Gasteiger partial charge in [0.1, 0.15) is 11.8 Å². The van der Waals surface area contributed by atoms with Crippen molar-refractivity contribution in [1.82, 2.24) is 25.1 Å². The van der Waals surface area contributed by atoms with Crippen LogP contribution in [-0.2, 0) is 20.9 Å². The standard InChI is InChI=1S/C15H16ClN5O3S/c1-24-15(23)12-8-20(6-7-25-12)13(22)9-21-18-14(17-19-21)10-4-2-3-5-11(10)16/h2-5,12H,6-9H2,1H3/t12-/m1/s1. The molecule has 132 valence electrons. The van der Waals surface area contributed by atoms with Gasteiger partial charge >= 0.3 is 5.97 Å². The van der Waals surface area contributed by atoms with Gasteiger partial charge in [0.25, 0.3) is 0 Å². The van der Waals surface area contributed by atoms with Crippen LogP contribution in [0.15, 0.2) is 24.3 Å². The van der Waals surface area contributed by atoms with Crippen LogP contribution in [0.3, 0.4) is 0 Å². The number of hydrogen-bond acceptors (Lipinski definition) is 7. The largest absolute Gasteiger partial charge is 0.468 e. The van der Waals surface area contributed by atoms with E-state index in [1.807, 2.05) is 12.1 Å². The maximum absolute atomic E-state index is 12.4. The lowest BCUT2D eigenvalue weighted by atomic mass is 10.2. The molecule has 0 unspecified atom stereocenters. The first kappa shape index (κ1) is 17.7. The molecule has 2 heterocycles. The monoisotopic (exact) mass is 381 g/mol. The molecule has 1 aromatic heterocycles.